The Bertz CT molecular complexity index is 1620. The number of carbonyl (C=O) groups is 1. The molecular weight excluding hydrogens is 465 g/mol. The summed E-state index contributed by atoms with van der Waals surface area (Å²) in [5.74, 6) is -0.710. The SMILES string of the molecule is Cc1ccc(-n2nc(C)c(NC(=O)Cn3cnc4scc(-c5ccc(F)cc5)c4c3=O)c2C)cc1. The first-order valence-corrected chi connectivity index (χ1v) is 11.9. The number of rotatable bonds is 5. The average molecular weight is 488 g/mol. The maximum atomic E-state index is 13.4. The molecule has 3 aromatic heterocycles. The minimum absolute atomic E-state index is 0.199. The fourth-order valence-electron chi connectivity index (χ4n) is 4.02. The van der Waals surface area contributed by atoms with Gasteiger partial charge in [0.15, 0.2) is 0 Å². The number of benzene rings is 2. The lowest BCUT2D eigenvalue weighted by Gasteiger charge is -2.09. The lowest BCUT2D eigenvalue weighted by molar-refractivity contribution is -0.116. The molecule has 5 rings (SSSR count). The van der Waals surface area contributed by atoms with Crippen molar-refractivity contribution in [1.82, 2.24) is 19.3 Å². The van der Waals surface area contributed by atoms with Crippen LogP contribution in [0.5, 0.6) is 0 Å². The summed E-state index contributed by atoms with van der Waals surface area (Å²) in [5, 5.41) is 9.71. The Morgan fingerprint density at radius 1 is 1.06 bits per heavy atom. The van der Waals surface area contributed by atoms with Crippen LogP contribution in [-0.2, 0) is 11.3 Å². The van der Waals surface area contributed by atoms with E-state index < -0.39 is 0 Å². The Hall–Kier alpha value is -4.11. The standard InChI is InChI=1S/C26H22FN5O2S/c1-15-4-10-20(11-5-15)32-17(3)24(16(2)30-32)29-22(33)12-31-14-28-25-23(26(31)34)21(13-35-25)18-6-8-19(27)9-7-18/h4-11,13-14H,12H2,1-3H3,(H,29,33). The lowest BCUT2D eigenvalue weighted by Crippen LogP contribution is -2.28. The van der Waals surface area contributed by atoms with Crippen LogP contribution in [0.4, 0.5) is 10.1 Å². The highest BCUT2D eigenvalue weighted by atomic mass is 32.1. The zero-order valence-corrected chi connectivity index (χ0v) is 20.2. The minimum Gasteiger partial charge on any atom is -0.321 e. The van der Waals surface area contributed by atoms with E-state index in [0.717, 1.165) is 16.9 Å². The van der Waals surface area contributed by atoms with Gasteiger partial charge in [0.2, 0.25) is 5.91 Å². The molecule has 0 spiro atoms. The maximum Gasteiger partial charge on any atom is 0.263 e. The van der Waals surface area contributed by atoms with Gasteiger partial charge in [0.1, 0.15) is 17.2 Å². The van der Waals surface area contributed by atoms with E-state index in [1.54, 1.807) is 16.8 Å². The minimum atomic E-state index is -0.360. The maximum absolute atomic E-state index is 13.4. The number of hydrogen-bond donors (Lipinski definition) is 1. The number of amides is 1. The summed E-state index contributed by atoms with van der Waals surface area (Å²) in [6.07, 6.45) is 1.38. The molecule has 9 heteroatoms. The molecule has 3 heterocycles. The van der Waals surface area contributed by atoms with Gasteiger partial charge in [-0.1, -0.05) is 29.8 Å². The normalized spacial score (nSPS) is 11.2. The Labute approximate surface area is 204 Å². The van der Waals surface area contributed by atoms with Gasteiger partial charge in [-0.25, -0.2) is 14.1 Å². The highest BCUT2D eigenvalue weighted by molar-refractivity contribution is 7.17. The van der Waals surface area contributed by atoms with Gasteiger partial charge in [0.25, 0.3) is 5.56 Å². The van der Waals surface area contributed by atoms with E-state index in [9.17, 15) is 14.0 Å². The van der Waals surface area contributed by atoms with Crippen molar-refractivity contribution >= 4 is 33.1 Å². The summed E-state index contributed by atoms with van der Waals surface area (Å²) in [6, 6.07) is 13.9. The predicted octanol–water partition coefficient (Wildman–Crippen LogP) is 5.01. The van der Waals surface area contributed by atoms with Gasteiger partial charge in [0, 0.05) is 10.9 Å². The van der Waals surface area contributed by atoms with E-state index in [-0.39, 0.29) is 23.8 Å². The molecule has 0 aliphatic heterocycles. The monoisotopic (exact) mass is 487 g/mol. The van der Waals surface area contributed by atoms with E-state index in [4.69, 9.17) is 0 Å². The fourth-order valence-corrected chi connectivity index (χ4v) is 4.92. The van der Waals surface area contributed by atoms with Crippen LogP contribution in [0.25, 0.3) is 27.0 Å². The van der Waals surface area contributed by atoms with Gasteiger partial charge in [-0.3, -0.25) is 14.2 Å². The zero-order valence-electron chi connectivity index (χ0n) is 19.4. The van der Waals surface area contributed by atoms with Crippen molar-refractivity contribution < 1.29 is 9.18 Å². The molecule has 0 fully saturated rings. The first kappa shape index (κ1) is 22.7. The second-order valence-corrected chi connectivity index (χ2v) is 9.21. The van der Waals surface area contributed by atoms with Crippen LogP contribution < -0.4 is 10.9 Å². The molecule has 1 N–H and O–H groups in total. The van der Waals surface area contributed by atoms with E-state index in [0.29, 0.717) is 32.7 Å². The van der Waals surface area contributed by atoms with Crippen molar-refractivity contribution in [3.05, 3.63) is 93.4 Å². The van der Waals surface area contributed by atoms with Crippen LogP contribution in [0.2, 0.25) is 0 Å². The molecule has 0 saturated carbocycles. The average Bonchev–Trinajstić information content (AvgIpc) is 3.39. The quantitative estimate of drug-likeness (QED) is 0.378. The zero-order chi connectivity index (χ0) is 24.7. The molecular formula is C26H22FN5O2S. The van der Waals surface area contributed by atoms with E-state index in [1.165, 1.54) is 34.4 Å². The topological polar surface area (TPSA) is 81.8 Å². The molecule has 1 amide bonds. The smallest absolute Gasteiger partial charge is 0.263 e. The summed E-state index contributed by atoms with van der Waals surface area (Å²) >= 11 is 1.33. The Morgan fingerprint density at radius 3 is 2.49 bits per heavy atom. The van der Waals surface area contributed by atoms with Crippen molar-refractivity contribution in [2.45, 2.75) is 27.3 Å². The van der Waals surface area contributed by atoms with Crippen LogP contribution in [0.1, 0.15) is 17.0 Å². The van der Waals surface area contributed by atoms with Gasteiger partial charge in [-0.15, -0.1) is 11.3 Å². The number of aryl methyl sites for hydroxylation is 2. The van der Waals surface area contributed by atoms with Crippen LogP contribution in [0, 0.1) is 26.6 Å². The highest BCUT2D eigenvalue weighted by Crippen LogP contribution is 2.30. The Morgan fingerprint density at radius 2 is 1.77 bits per heavy atom. The van der Waals surface area contributed by atoms with E-state index >= 15 is 0 Å². The summed E-state index contributed by atoms with van der Waals surface area (Å²) in [5.41, 5.74) is 5.18. The lowest BCUT2D eigenvalue weighted by atomic mass is 10.1. The number of nitrogens with one attached hydrogen (secondary N) is 1. The van der Waals surface area contributed by atoms with Gasteiger partial charge < -0.3 is 5.32 Å². The molecule has 176 valence electrons. The van der Waals surface area contributed by atoms with Gasteiger partial charge >= 0.3 is 0 Å². The van der Waals surface area contributed by atoms with Gasteiger partial charge in [-0.2, -0.15) is 5.10 Å². The first-order valence-electron chi connectivity index (χ1n) is 11.0. The van der Waals surface area contributed by atoms with Gasteiger partial charge in [-0.05, 0) is 50.6 Å². The fraction of sp³-hybridized carbons (Fsp3) is 0.154. The van der Waals surface area contributed by atoms with Crippen LogP contribution in [0.15, 0.2) is 65.0 Å². The second kappa shape index (κ2) is 8.92. The summed E-state index contributed by atoms with van der Waals surface area (Å²) in [6.45, 7) is 5.53. The number of thiophene rings is 1. The molecule has 2 aromatic carbocycles. The number of nitrogens with zero attached hydrogens (tertiary/aromatic N) is 4. The highest BCUT2D eigenvalue weighted by Gasteiger charge is 2.18. The molecule has 0 aliphatic carbocycles. The molecule has 0 radical (unpaired) electrons. The van der Waals surface area contributed by atoms with Crippen molar-refractivity contribution in [3.8, 4) is 16.8 Å². The largest absolute Gasteiger partial charge is 0.321 e. The molecule has 0 aliphatic rings. The van der Waals surface area contributed by atoms with Crippen LogP contribution >= 0.6 is 11.3 Å². The molecule has 0 saturated heterocycles. The number of carbonyl (C=O) groups excluding carboxylic acids is 1. The van der Waals surface area contributed by atoms with Crippen molar-refractivity contribution in [2.24, 2.45) is 0 Å². The second-order valence-electron chi connectivity index (χ2n) is 8.36. The van der Waals surface area contributed by atoms with Gasteiger partial charge in [0.05, 0.1) is 34.5 Å². The van der Waals surface area contributed by atoms with E-state index in [2.05, 4.69) is 15.4 Å². The molecule has 0 unspecified atom stereocenters. The summed E-state index contributed by atoms with van der Waals surface area (Å²) in [7, 11) is 0. The predicted molar refractivity (Wildman–Crippen MR) is 136 cm³/mol. The van der Waals surface area contributed by atoms with Crippen LogP contribution in [0.3, 0.4) is 0 Å². The number of halogens is 1. The third-order valence-electron chi connectivity index (χ3n) is 5.86. The third-order valence-corrected chi connectivity index (χ3v) is 6.75. The van der Waals surface area contributed by atoms with Crippen molar-refractivity contribution in [3.63, 3.8) is 0 Å². The summed E-state index contributed by atoms with van der Waals surface area (Å²) < 4.78 is 16.4. The molecule has 7 nitrogen and oxygen atoms in total. The number of anilines is 1. The van der Waals surface area contributed by atoms with Crippen molar-refractivity contribution in [2.75, 3.05) is 5.32 Å². The van der Waals surface area contributed by atoms with Crippen molar-refractivity contribution in [1.29, 1.82) is 0 Å². The molecule has 5 aromatic rings. The Kier molecular flexibility index (Phi) is 5.78. The van der Waals surface area contributed by atoms with E-state index in [1.807, 2.05) is 50.4 Å². The molecule has 0 bridgehead atoms. The number of aromatic nitrogens is 4. The first-order chi connectivity index (χ1) is 16.8. The number of fused-ring (bicyclic) bond motifs is 1. The molecule has 0 atom stereocenters. The van der Waals surface area contributed by atoms with Crippen LogP contribution in [-0.4, -0.2) is 25.2 Å². The third kappa shape index (κ3) is 4.26. The molecule has 35 heavy (non-hydrogen) atoms. The summed E-state index contributed by atoms with van der Waals surface area (Å²) in [4.78, 5) is 31.1. The Balaban J connectivity index is 1.42. The number of hydrogen-bond acceptors (Lipinski definition) is 5.